The molecule has 1 aliphatic carbocycles. The van der Waals surface area contributed by atoms with Gasteiger partial charge in [-0.2, -0.15) is 10.0 Å². The van der Waals surface area contributed by atoms with Gasteiger partial charge in [-0.3, -0.25) is 14.1 Å². The molecule has 2 aromatic carbocycles. The van der Waals surface area contributed by atoms with Gasteiger partial charge in [0, 0.05) is 34.9 Å². The molecule has 37 heavy (non-hydrogen) atoms. The summed E-state index contributed by atoms with van der Waals surface area (Å²) in [4.78, 5) is 20.4. The summed E-state index contributed by atoms with van der Waals surface area (Å²) in [5.41, 5.74) is 8.69. The van der Waals surface area contributed by atoms with E-state index >= 15 is 0 Å². The van der Waals surface area contributed by atoms with Crippen molar-refractivity contribution < 1.29 is 4.74 Å². The molecule has 0 spiro atoms. The van der Waals surface area contributed by atoms with E-state index in [1.165, 1.54) is 0 Å². The van der Waals surface area contributed by atoms with Crippen LogP contribution in [0, 0.1) is 18.8 Å². The molecule has 0 fully saturated rings. The van der Waals surface area contributed by atoms with Gasteiger partial charge in [0.1, 0.15) is 23.3 Å². The van der Waals surface area contributed by atoms with E-state index < -0.39 is 0 Å². The van der Waals surface area contributed by atoms with Crippen molar-refractivity contribution in [2.24, 2.45) is 5.18 Å². The smallest absolute Gasteiger partial charge is 0.157 e. The summed E-state index contributed by atoms with van der Waals surface area (Å²) >= 11 is 0. The van der Waals surface area contributed by atoms with Crippen LogP contribution in [-0.2, 0) is 13.0 Å². The summed E-state index contributed by atoms with van der Waals surface area (Å²) in [5.74, 6) is 1.64. The van der Waals surface area contributed by atoms with E-state index in [0.717, 1.165) is 75.1 Å². The molecular weight excluding hydrogens is 466 g/mol. The first-order valence-corrected chi connectivity index (χ1v) is 12.3. The zero-order valence-corrected chi connectivity index (χ0v) is 21.0. The molecule has 5 aromatic rings. The van der Waals surface area contributed by atoms with Crippen molar-refractivity contribution in [2.45, 2.75) is 39.3 Å². The van der Waals surface area contributed by atoms with Gasteiger partial charge in [0.2, 0.25) is 0 Å². The van der Waals surface area contributed by atoms with Crippen LogP contribution in [0.4, 0.5) is 11.5 Å². The number of nitrogens with zero attached hydrogens (tertiary/aromatic N) is 6. The fourth-order valence-electron chi connectivity index (χ4n) is 5.19. The molecule has 9 nitrogen and oxygen atoms in total. The summed E-state index contributed by atoms with van der Waals surface area (Å²) in [5, 5.41) is 11.5. The quantitative estimate of drug-likeness (QED) is 0.289. The number of aryl methyl sites for hydroxylation is 3. The van der Waals surface area contributed by atoms with Gasteiger partial charge in [0.05, 0.1) is 25.5 Å². The zero-order valence-electron chi connectivity index (χ0n) is 21.0. The second-order valence-corrected chi connectivity index (χ2v) is 9.42. The number of methoxy groups -OCH3 is 1. The predicted molar refractivity (Wildman–Crippen MR) is 142 cm³/mol. The summed E-state index contributed by atoms with van der Waals surface area (Å²) in [6, 6.07) is 14.0. The van der Waals surface area contributed by atoms with Gasteiger partial charge in [0.25, 0.3) is 0 Å². The van der Waals surface area contributed by atoms with Crippen molar-refractivity contribution in [1.29, 1.82) is 0 Å². The Morgan fingerprint density at radius 1 is 1.16 bits per heavy atom. The third kappa shape index (κ3) is 4.12. The van der Waals surface area contributed by atoms with Gasteiger partial charge in [-0.25, -0.2) is 4.98 Å². The minimum atomic E-state index is -0.249. The van der Waals surface area contributed by atoms with E-state index in [1.54, 1.807) is 19.5 Å². The Morgan fingerprint density at radius 3 is 2.84 bits per heavy atom. The van der Waals surface area contributed by atoms with E-state index in [-0.39, 0.29) is 6.04 Å². The second kappa shape index (κ2) is 9.16. The first-order chi connectivity index (χ1) is 18.0. The summed E-state index contributed by atoms with van der Waals surface area (Å²) < 4.78 is 9.66. The van der Waals surface area contributed by atoms with Crippen LogP contribution in [0.15, 0.2) is 66.2 Å². The highest BCUT2D eigenvalue weighted by atomic mass is 16.5. The molecule has 3 heterocycles. The van der Waals surface area contributed by atoms with Crippen molar-refractivity contribution in [3.8, 4) is 17.0 Å². The number of nitroso groups, excluding NO2 is 1. The SMILES string of the molecule is COc1ccc(-c2nc3cnccn3c2Nc2ccc3c(c2)CCC3N=O)cc1Cn1nc(C)cc1C. The molecule has 1 unspecified atom stereocenters. The van der Waals surface area contributed by atoms with Gasteiger partial charge >= 0.3 is 0 Å². The van der Waals surface area contributed by atoms with E-state index in [4.69, 9.17) is 9.72 Å². The van der Waals surface area contributed by atoms with Gasteiger partial charge < -0.3 is 10.1 Å². The molecule has 0 radical (unpaired) electrons. The molecule has 186 valence electrons. The summed E-state index contributed by atoms with van der Waals surface area (Å²) in [7, 11) is 1.68. The lowest BCUT2D eigenvalue weighted by atomic mass is 10.1. The minimum Gasteiger partial charge on any atom is -0.496 e. The van der Waals surface area contributed by atoms with E-state index in [2.05, 4.69) is 45.7 Å². The third-order valence-electron chi connectivity index (χ3n) is 6.99. The molecule has 0 aliphatic heterocycles. The number of benzene rings is 2. The lowest BCUT2D eigenvalue weighted by molar-refractivity contribution is 0.407. The average molecular weight is 494 g/mol. The highest BCUT2D eigenvalue weighted by Crippen LogP contribution is 2.38. The van der Waals surface area contributed by atoms with Gasteiger partial charge in [0.15, 0.2) is 5.65 Å². The molecule has 9 heteroatoms. The fraction of sp³-hybridized carbons (Fsp3) is 0.250. The highest BCUT2D eigenvalue weighted by Gasteiger charge is 2.24. The van der Waals surface area contributed by atoms with Crippen LogP contribution in [-0.4, -0.2) is 31.3 Å². The summed E-state index contributed by atoms with van der Waals surface area (Å²) in [6.45, 7) is 4.64. The number of anilines is 2. The van der Waals surface area contributed by atoms with Crippen LogP contribution in [0.5, 0.6) is 5.75 Å². The number of hydrogen-bond donors (Lipinski definition) is 1. The zero-order chi connectivity index (χ0) is 25.5. The van der Waals surface area contributed by atoms with E-state index in [9.17, 15) is 4.91 Å². The van der Waals surface area contributed by atoms with Crippen molar-refractivity contribution >= 4 is 17.2 Å². The van der Waals surface area contributed by atoms with Crippen LogP contribution in [0.1, 0.15) is 40.5 Å². The number of nitrogens with one attached hydrogen (secondary N) is 1. The van der Waals surface area contributed by atoms with E-state index in [0.29, 0.717) is 6.54 Å². The fourth-order valence-corrected chi connectivity index (χ4v) is 5.19. The van der Waals surface area contributed by atoms with Crippen LogP contribution < -0.4 is 10.1 Å². The molecule has 0 saturated carbocycles. The van der Waals surface area contributed by atoms with Crippen molar-refractivity contribution in [3.63, 3.8) is 0 Å². The molecule has 1 atom stereocenters. The Morgan fingerprint density at radius 2 is 2.05 bits per heavy atom. The number of aromatic nitrogens is 5. The number of hydrogen-bond acceptors (Lipinski definition) is 7. The highest BCUT2D eigenvalue weighted by molar-refractivity contribution is 5.80. The lowest BCUT2D eigenvalue weighted by Crippen LogP contribution is -2.06. The molecule has 1 aliphatic rings. The van der Waals surface area contributed by atoms with Crippen molar-refractivity contribution in [1.82, 2.24) is 24.1 Å². The largest absolute Gasteiger partial charge is 0.496 e. The van der Waals surface area contributed by atoms with Crippen molar-refractivity contribution in [2.75, 3.05) is 12.4 Å². The monoisotopic (exact) mass is 493 g/mol. The Kier molecular flexibility index (Phi) is 5.67. The molecule has 1 N–H and O–H groups in total. The Hall–Kier alpha value is -4.53. The topological polar surface area (TPSA) is 98.7 Å². The summed E-state index contributed by atoms with van der Waals surface area (Å²) in [6.07, 6.45) is 7.00. The molecular formula is C28H27N7O2. The number of ether oxygens (including phenoxy) is 1. The number of fused-ring (bicyclic) bond motifs is 2. The Labute approximate surface area is 214 Å². The minimum absolute atomic E-state index is 0.249. The van der Waals surface area contributed by atoms with Gasteiger partial charge in [-0.1, -0.05) is 11.2 Å². The molecule has 0 amide bonds. The maximum atomic E-state index is 11.2. The average Bonchev–Trinajstić information content (AvgIpc) is 3.58. The van der Waals surface area contributed by atoms with Gasteiger partial charge in [-0.05, 0) is 74.2 Å². The van der Waals surface area contributed by atoms with Crippen LogP contribution in [0.25, 0.3) is 16.9 Å². The molecule has 3 aromatic heterocycles. The lowest BCUT2D eigenvalue weighted by Gasteiger charge is -2.14. The normalized spacial score (nSPS) is 14.6. The second-order valence-electron chi connectivity index (χ2n) is 9.42. The van der Waals surface area contributed by atoms with Crippen LogP contribution in [0.2, 0.25) is 0 Å². The number of rotatable bonds is 7. The van der Waals surface area contributed by atoms with Crippen molar-refractivity contribution in [3.05, 3.63) is 94.0 Å². The molecule has 0 saturated heterocycles. The van der Waals surface area contributed by atoms with Gasteiger partial charge in [-0.15, -0.1) is 0 Å². The Balaban J connectivity index is 1.42. The molecule has 6 rings (SSSR count). The standard InChI is InChI=1S/C28H27N7O2/c1-17-12-18(2)35(32-17)16-21-13-20(5-9-25(21)37-3)27-28(34-11-10-29-15-26(34)31-27)30-22-6-7-23-19(14-22)4-8-24(23)33-36/h5-7,9-15,24,30H,4,8,16H2,1-3H3. The van der Waals surface area contributed by atoms with Crippen LogP contribution >= 0.6 is 0 Å². The van der Waals surface area contributed by atoms with Crippen LogP contribution in [0.3, 0.4) is 0 Å². The maximum Gasteiger partial charge on any atom is 0.157 e. The third-order valence-corrected chi connectivity index (χ3v) is 6.99. The first kappa shape index (κ1) is 22.9. The number of imidazole rings is 1. The molecule has 0 bridgehead atoms. The predicted octanol–water partition coefficient (Wildman–Crippen LogP) is 5.76. The maximum absolute atomic E-state index is 11.2. The van der Waals surface area contributed by atoms with E-state index in [1.807, 2.05) is 46.5 Å². The first-order valence-electron chi connectivity index (χ1n) is 12.3. The Bertz CT molecular complexity index is 1640.